The van der Waals surface area contributed by atoms with Crippen molar-refractivity contribution in [1.82, 2.24) is 0 Å². The van der Waals surface area contributed by atoms with Gasteiger partial charge in [0.25, 0.3) is 0 Å². The Morgan fingerprint density at radius 3 is 2.37 bits per heavy atom. The Morgan fingerprint density at radius 1 is 1.05 bits per heavy atom. The average molecular weight is 253 g/mol. The number of hydrogen-bond acceptors (Lipinski definition) is 1. The number of hydrogen-bond donors (Lipinski definition) is 1. The smallest absolute Gasteiger partial charge is 0.217 e. The topological polar surface area (TPSA) is 43.1 Å². The van der Waals surface area contributed by atoms with Gasteiger partial charge in [-0.1, -0.05) is 42.5 Å². The quantitative estimate of drug-likeness (QED) is 0.891. The van der Waals surface area contributed by atoms with E-state index in [9.17, 15) is 4.79 Å². The lowest BCUT2D eigenvalue weighted by molar-refractivity contribution is -0.117. The minimum atomic E-state index is -0.249. The molecule has 2 heteroatoms. The van der Waals surface area contributed by atoms with Crippen molar-refractivity contribution >= 4 is 5.91 Å². The molecule has 98 valence electrons. The molecule has 19 heavy (non-hydrogen) atoms. The first kappa shape index (κ1) is 13.3. The molecule has 2 nitrogen and oxygen atoms in total. The van der Waals surface area contributed by atoms with E-state index in [0.29, 0.717) is 12.8 Å². The van der Waals surface area contributed by atoms with Crippen LogP contribution in [0.3, 0.4) is 0 Å². The second-order valence-corrected chi connectivity index (χ2v) is 4.87. The van der Waals surface area contributed by atoms with E-state index in [0.717, 1.165) is 0 Å². The van der Waals surface area contributed by atoms with Gasteiger partial charge >= 0.3 is 0 Å². The van der Waals surface area contributed by atoms with E-state index >= 15 is 0 Å². The normalized spacial score (nSPS) is 10.4. The van der Waals surface area contributed by atoms with E-state index in [2.05, 4.69) is 38.1 Å². The zero-order chi connectivity index (χ0) is 13.8. The van der Waals surface area contributed by atoms with Crippen LogP contribution < -0.4 is 5.73 Å². The minimum absolute atomic E-state index is 0.249. The third-order valence-electron chi connectivity index (χ3n) is 3.49. The fourth-order valence-corrected chi connectivity index (χ4v) is 2.47. The summed E-state index contributed by atoms with van der Waals surface area (Å²) in [5.41, 5.74) is 11.4. The van der Waals surface area contributed by atoms with Crippen LogP contribution in [-0.2, 0) is 11.2 Å². The van der Waals surface area contributed by atoms with E-state index in [1.807, 2.05) is 18.2 Å². The predicted molar refractivity (Wildman–Crippen MR) is 78.9 cm³/mol. The van der Waals surface area contributed by atoms with Crippen LogP contribution in [0.5, 0.6) is 0 Å². The molecule has 0 unspecified atom stereocenters. The summed E-state index contributed by atoms with van der Waals surface area (Å²) in [4.78, 5) is 10.9. The minimum Gasteiger partial charge on any atom is -0.370 e. The first-order chi connectivity index (χ1) is 9.09. The van der Waals surface area contributed by atoms with Crippen molar-refractivity contribution in [2.24, 2.45) is 5.73 Å². The standard InChI is InChI=1S/C17H19NO/c1-12-8-9-14(10-11-16(18)19)13(2)17(12)15-6-4-3-5-7-15/h3-9H,10-11H2,1-2H3,(H2,18,19). The first-order valence-electron chi connectivity index (χ1n) is 6.52. The van der Waals surface area contributed by atoms with Crippen LogP contribution in [0, 0.1) is 13.8 Å². The van der Waals surface area contributed by atoms with Crippen LogP contribution >= 0.6 is 0 Å². The number of rotatable bonds is 4. The molecule has 2 aromatic rings. The number of primary amides is 1. The Bertz CT molecular complexity index is 588. The second kappa shape index (κ2) is 5.70. The molecular formula is C17H19NO. The molecule has 0 radical (unpaired) electrons. The van der Waals surface area contributed by atoms with Gasteiger partial charge < -0.3 is 5.73 Å². The van der Waals surface area contributed by atoms with Crippen molar-refractivity contribution < 1.29 is 4.79 Å². The number of nitrogens with two attached hydrogens (primary N) is 1. The van der Waals surface area contributed by atoms with Gasteiger partial charge in [-0.25, -0.2) is 0 Å². The van der Waals surface area contributed by atoms with Crippen LogP contribution in [0.25, 0.3) is 11.1 Å². The van der Waals surface area contributed by atoms with Crippen molar-refractivity contribution in [3.63, 3.8) is 0 Å². The molecule has 0 bridgehead atoms. The molecule has 2 N–H and O–H groups in total. The second-order valence-electron chi connectivity index (χ2n) is 4.87. The number of benzene rings is 2. The zero-order valence-electron chi connectivity index (χ0n) is 11.4. The predicted octanol–water partition coefficient (Wildman–Crippen LogP) is 3.39. The lowest BCUT2D eigenvalue weighted by Crippen LogP contribution is -2.11. The van der Waals surface area contributed by atoms with E-state index in [1.54, 1.807) is 0 Å². The van der Waals surface area contributed by atoms with Crippen molar-refractivity contribution in [2.45, 2.75) is 26.7 Å². The third-order valence-corrected chi connectivity index (χ3v) is 3.49. The monoisotopic (exact) mass is 253 g/mol. The van der Waals surface area contributed by atoms with Gasteiger partial charge in [0.1, 0.15) is 0 Å². The maximum Gasteiger partial charge on any atom is 0.217 e. The van der Waals surface area contributed by atoms with Crippen molar-refractivity contribution in [2.75, 3.05) is 0 Å². The van der Waals surface area contributed by atoms with Crippen molar-refractivity contribution in [3.8, 4) is 11.1 Å². The summed E-state index contributed by atoms with van der Waals surface area (Å²) >= 11 is 0. The average Bonchev–Trinajstić information content (AvgIpc) is 2.39. The van der Waals surface area contributed by atoms with Crippen LogP contribution in [0.1, 0.15) is 23.1 Å². The molecule has 1 amide bonds. The van der Waals surface area contributed by atoms with Crippen LogP contribution in [-0.4, -0.2) is 5.91 Å². The third kappa shape index (κ3) is 3.02. The highest BCUT2D eigenvalue weighted by molar-refractivity contribution is 5.75. The number of amides is 1. The Kier molecular flexibility index (Phi) is 4.00. The molecule has 0 heterocycles. The summed E-state index contributed by atoms with van der Waals surface area (Å²) in [7, 11) is 0. The highest BCUT2D eigenvalue weighted by atomic mass is 16.1. The highest BCUT2D eigenvalue weighted by Crippen LogP contribution is 2.29. The van der Waals surface area contributed by atoms with Gasteiger partial charge in [0.15, 0.2) is 0 Å². The van der Waals surface area contributed by atoms with Gasteiger partial charge in [0.2, 0.25) is 5.91 Å². The van der Waals surface area contributed by atoms with E-state index in [4.69, 9.17) is 5.73 Å². The summed E-state index contributed by atoms with van der Waals surface area (Å²) in [6.45, 7) is 4.23. The SMILES string of the molecule is Cc1ccc(CCC(N)=O)c(C)c1-c1ccccc1. The molecule has 0 aliphatic carbocycles. The Balaban J connectivity index is 2.43. The lowest BCUT2D eigenvalue weighted by atomic mass is 9.91. The highest BCUT2D eigenvalue weighted by Gasteiger charge is 2.10. The molecule has 0 aromatic heterocycles. The molecule has 0 saturated heterocycles. The molecule has 0 aliphatic heterocycles. The zero-order valence-corrected chi connectivity index (χ0v) is 11.4. The van der Waals surface area contributed by atoms with Gasteiger partial charge in [-0.05, 0) is 48.1 Å². The van der Waals surface area contributed by atoms with Crippen LogP contribution in [0.15, 0.2) is 42.5 Å². The maximum atomic E-state index is 10.9. The number of carbonyl (C=O) groups is 1. The van der Waals surface area contributed by atoms with Gasteiger partial charge in [0, 0.05) is 6.42 Å². The van der Waals surface area contributed by atoms with Crippen molar-refractivity contribution in [3.05, 3.63) is 59.2 Å². The lowest BCUT2D eigenvalue weighted by Gasteiger charge is -2.14. The fourth-order valence-electron chi connectivity index (χ4n) is 2.47. The summed E-state index contributed by atoms with van der Waals surface area (Å²) in [5.74, 6) is -0.249. The molecule has 0 saturated carbocycles. The number of aryl methyl sites for hydroxylation is 2. The molecule has 0 aliphatic rings. The van der Waals surface area contributed by atoms with Crippen LogP contribution in [0.2, 0.25) is 0 Å². The van der Waals surface area contributed by atoms with E-state index < -0.39 is 0 Å². The molecule has 0 fully saturated rings. The molecule has 2 aromatic carbocycles. The van der Waals surface area contributed by atoms with Gasteiger partial charge in [0.05, 0.1) is 0 Å². The summed E-state index contributed by atoms with van der Waals surface area (Å²) < 4.78 is 0. The molecule has 0 spiro atoms. The van der Waals surface area contributed by atoms with E-state index in [-0.39, 0.29) is 5.91 Å². The Morgan fingerprint density at radius 2 is 1.74 bits per heavy atom. The van der Waals surface area contributed by atoms with Gasteiger partial charge in [-0.15, -0.1) is 0 Å². The molecule has 0 atom stereocenters. The summed E-state index contributed by atoms with van der Waals surface area (Å²) in [5, 5.41) is 0. The van der Waals surface area contributed by atoms with E-state index in [1.165, 1.54) is 27.8 Å². The molecular weight excluding hydrogens is 234 g/mol. The summed E-state index contributed by atoms with van der Waals surface area (Å²) in [6.07, 6.45) is 1.11. The van der Waals surface area contributed by atoms with Crippen LogP contribution in [0.4, 0.5) is 0 Å². The van der Waals surface area contributed by atoms with Gasteiger partial charge in [-0.2, -0.15) is 0 Å². The fraction of sp³-hybridized carbons (Fsp3) is 0.235. The summed E-state index contributed by atoms with van der Waals surface area (Å²) in [6, 6.07) is 14.6. The first-order valence-corrected chi connectivity index (χ1v) is 6.52. The Hall–Kier alpha value is -2.09. The number of carbonyl (C=O) groups excluding carboxylic acids is 1. The van der Waals surface area contributed by atoms with Gasteiger partial charge in [-0.3, -0.25) is 4.79 Å². The Labute approximate surface area is 114 Å². The molecule has 2 rings (SSSR count). The largest absolute Gasteiger partial charge is 0.370 e. The van der Waals surface area contributed by atoms with Crippen molar-refractivity contribution in [1.29, 1.82) is 0 Å². The maximum absolute atomic E-state index is 10.9.